The molecule has 26 heavy (non-hydrogen) atoms. The first-order valence-electron chi connectivity index (χ1n) is 10.0. The molecular weight excluding hydrogens is 328 g/mol. The first-order valence-corrected chi connectivity index (χ1v) is 10.0. The zero-order valence-electron chi connectivity index (χ0n) is 15.5. The van der Waals surface area contributed by atoms with E-state index in [0.29, 0.717) is 30.7 Å². The van der Waals surface area contributed by atoms with Gasteiger partial charge in [-0.1, -0.05) is 12.8 Å². The van der Waals surface area contributed by atoms with Crippen molar-refractivity contribution in [2.75, 3.05) is 18.1 Å². The standard InChI is InChI=1S/C21H28N2O3/c1-2-26-17-11-9-16(10-12-17)23-20(24)14-19(21(23)25)22-13-5-7-15-6-3-4-8-18(15)22/h9-12,15,18-19H,2-8,13-14H2,1H3/t15-,18-,19-/m0/s1. The second-order valence-electron chi connectivity index (χ2n) is 7.71. The highest BCUT2D eigenvalue weighted by atomic mass is 16.5. The average Bonchev–Trinajstić information content (AvgIpc) is 2.96. The minimum atomic E-state index is -0.278. The second kappa shape index (κ2) is 7.39. The van der Waals surface area contributed by atoms with Crippen molar-refractivity contribution in [3.8, 4) is 5.75 Å². The number of amides is 2. The number of rotatable bonds is 4. The van der Waals surface area contributed by atoms with Crippen molar-refractivity contribution in [2.24, 2.45) is 5.92 Å². The number of piperidine rings is 1. The van der Waals surface area contributed by atoms with E-state index in [9.17, 15) is 9.59 Å². The van der Waals surface area contributed by atoms with Gasteiger partial charge in [-0.15, -0.1) is 0 Å². The van der Waals surface area contributed by atoms with Crippen LogP contribution in [0.1, 0.15) is 51.9 Å². The molecule has 0 unspecified atom stereocenters. The lowest BCUT2D eigenvalue weighted by molar-refractivity contribution is -0.124. The molecule has 3 atom stereocenters. The quantitative estimate of drug-likeness (QED) is 0.776. The SMILES string of the molecule is CCOc1ccc(N2C(=O)C[C@H](N3CCC[C@@H]4CCCC[C@@H]43)C2=O)cc1. The van der Waals surface area contributed by atoms with Gasteiger partial charge in [-0.3, -0.25) is 14.5 Å². The number of imide groups is 1. The molecule has 0 N–H and O–H groups in total. The summed E-state index contributed by atoms with van der Waals surface area (Å²) in [6, 6.07) is 7.47. The lowest BCUT2D eigenvalue weighted by atomic mass is 9.77. The number of nitrogens with zero attached hydrogens (tertiary/aromatic N) is 2. The maximum atomic E-state index is 13.1. The Morgan fingerprint density at radius 2 is 1.77 bits per heavy atom. The van der Waals surface area contributed by atoms with Crippen molar-refractivity contribution in [3.63, 3.8) is 0 Å². The lowest BCUT2D eigenvalue weighted by Gasteiger charge is -2.46. The van der Waals surface area contributed by atoms with Crippen molar-refractivity contribution < 1.29 is 14.3 Å². The Kier molecular flexibility index (Phi) is 4.98. The molecule has 3 fully saturated rings. The van der Waals surface area contributed by atoms with Crippen LogP contribution < -0.4 is 9.64 Å². The third kappa shape index (κ3) is 3.13. The van der Waals surface area contributed by atoms with Gasteiger partial charge in [-0.25, -0.2) is 4.90 Å². The molecular formula is C21H28N2O3. The van der Waals surface area contributed by atoms with Gasteiger partial charge in [-0.2, -0.15) is 0 Å². The third-order valence-corrected chi connectivity index (χ3v) is 6.22. The van der Waals surface area contributed by atoms with Crippen LogP contribution in [0.25, 0.3) is 0 Å². The summed E-state index contributed by atoms with van der Waals surface area (Å²) in [5, 5.41) is 0. The van der Waals surface area contributed by atoms with Crippen molar-refractivity contribution >= 4 is 17.5 Å². The fourth-order valence-corrected chi connectivity index (χ4v) is 5.05. The van der Waals surface area contributed by atoms with Gasteiger partial charge in [0.15, 0.2) is 0 Å². The summed E-state index contributed by atoms with van der Waals surface area (Å²) in [5.74, 6) is 1.33. The van der Waals surface area contributed by atoms with Gasteiger partial charge in [-0.05, 0) is 69.3 Å². The smallest absolute Gasteiger partial charge is 0.251 e. The topological polar surface area (TPSA) is 49.9 Å². The zero-order valence-corrected chi connectivity index (χ0v) is 15.5. The summed E-state index contributed by atoms with van der Waals surface area (Å²) in [7, 11) is 0. The van der Waals surface area contributed by atoms with Crippen LogP contribution in [0.4, 0.5) is 5.69 Å². The average molecular weight is 356 g/mol. The van der Waals surface area contributed by atoms with E-state index in [1.54, 1.807) is 0 Å². The molecule has 2 saturated heterocycles. The Morgan fingerprint density at radius 1 is 1.04 bits per heavy atom. The van der Waals surface area contributed by atoms with Crippen LogP contribution in [0.15, 0.2) is 24.3 Å². The number of ether oxygens (including phenoxy) is 1. The van der Waals surface area contributed by atoms with Crippen LogP contribution >= 0.6 is 0 Å². The van der Waals surface area contributed by atoms with Gasteiger partial charge in [0.2, 0.25) is 5.91 Å². The first kappa shape index (κ1) is 17.5. The molecule has 0 radical (unpaired) electrons. The number of anilines is 1. The number of carbonyl (C=O) groups is 2. The number of benzene rings is 1. The fourth-order valence-electron chi connectivity index (χ4n) is 5.05. The Hall–Kier alpha value is -1.88. The van der Waals surface area contributed by atoms with E-state index in [1.807, 2.05) is 31.2 Å². The minimum absolute atomic E-state index is 0.0506. The minimum Gasteiger partial charge on any atom is -0.494 e. The summed E-state index contributed by atoms with van der Waals surface area (Å²) in [4.78, 5) is 29.5. The fraction of sp³-hybridized carbons (Fsp3) is 0.619. The molecule has 1 saturated carbocycles. The van der Waals surface area contributed by atoms with E-state index in [-0.39, 0.29) is 17.9 Å². The Morgan fingerprint density at radius 3 is 2.54 bits per heavy atom. The number of carbonyl (C=O) groups excluding carboxylic acids is 2. The van der Waals surface area contributed by atoms with Crippen LogP contribution in [0.2, 0.25) is 0 Å². The summed E-state index contributed by atoms with van der Waals surface area (Å²) in [6.07, 6.45) is 7.74. The predicted octanol–water partition coefficient (Wildman–Crippen LogP) is 3.37. The second-order valence-corrected chi connectivity index (χ2v) is 7.71. The predicted molar refractivity (Wildman–Crippen MR) is 100 cm³/mol. The Labute approximate surface area is 155 Å². The van der Waals surface area contributed by atoms with Gasteiger partial charge >= 0.3 is 0 Å². The van der Waals surface area contributed by atoms with Gasteiger partial charge in [0.1, 0.15) is 5.75 Å². The molecule has 2 heterocycles. The zero-order chi connectivity index (χ0) is 18.1. The van der Waals surface area contributed by atoms with Crippen molar-refractivity contribution in [3.05, 3.63) is 24.3 Å². The van der Waals surface area contributed by atoms with E-state index in [4.69, 9.17) is 4.74 Å². The maximum Gasteiger partial charge on any atom is 0.251 e. The number of hydrogen-bond acceptors (Lipinski definition) is 4. The number of likely N-dealkylation sites (tertiary alicyclic amines) is 1. The molecule has 3 aliphatic rings. The van der Waals surface area contributed by atoms with Crippen LogP contribution in [0.3, 0.4) is 0 Å². The highest BCUT2D eigenvalue weighted by molar-refractivity contribution is 6.22. The summed E-state index contributed by atoms with van der Waals surface area (Å²) in [5.41, 5.74) is 0.656. The van der Waals surface area contributed by atoms with Gasteiger partial charge in [0.25, 0.3) is 5.91 Å². The number of hydrogen-bond donors (Lipinski definition) is 0. The highest BCUT2D eigenvalue weighted by Gasteiger charge is 2.47. The van der Waals surface area contributed by atoms with E-state index in [2.05, 4.69) is 4.90 Å². The van der Waals surface area contributed by atoms with Crippen molar-refractivity contribution in [2.45, 2.75) is 64.0 Å². The van der Waals surface area contributed by atoms with Crippen LogP contribution in [0.5, 0.6) is 5.75 Å². The van der Waals surface area contributed by atoms with Gasteiger partial charge < -0.3 is 4.74 Å². The van der Waals surface area contributed by atoms with Crippen molar-refractivity contribution in [1.29, 1.82) is 0 Å². The van der Waals surface area contributed by atoms with Crippen LogP contribution in [-0.2, 0) is 9.59 Å². The molecule has 1 aromatic rings. The molecule has 2 amide bonds. The summed E-state index contributed by atoms with van der Waals surface area (Å²) in [6.45, 7) is 3.48. The molecule has 1 aliphatic carbocycles. The molecule has 1 aromatic carbocycles. The molecule has 5 heteroatoms. The normalized spacial score (nSPS) is 29.7. The molecule has 0 bridgehead atoms. The summed E-state index contributed by atoms with van der Waals surface area (Å²) >= 11 is 0. The number of fused-ring (bicyclic) bond motifs is 1. The lowest BCUT2D eigenvalue weighted by Crippen LogP contribution is -2.54. The largest absolute Gasteiger partial charge is 0.494 e. The van der Waals surface area contributed by atoms with E-state index in [0.717, 1.165) is 18.7 Å². The monoisotopic (exact) mass is 356 g/mol. The van der Waals surface area contributed by atoms with Crippen LogP contribution in [-0.4, -0.2) is 41.9 Å². The Balaban J connectivity index is 1.53. The Bertz CT molecular complexity index is 670. The van der Waals surface area contributed by atoms with E-state index < -0.39 is 0 Å². The summed E-state index contributed by atoms with van der Waals surface area (Å²) < 4.78 is 5.46. The molecule has 5 nitrogen and oxygen atoms in total. The molecule has 4 rings (SSSR count). The van der Waals surface area contributed by atoms with Crippen molar-refractivity contribution in [1.82, 2.24) is 4.90 Å². The van der Waals surface area contributed by atoms with E-state index >= 15 is 0 Å². The molecule has 140 valence electrons. The van der Waals surface area contributed by atoms with E-state index in [1.165, 1.54) is 37.0 Å². The molecule has 0 spiro atoms. The third-order valence-electron chi connectivity index (χ3n) is 6.22. The van der Waals surface area contributed by atoms with Gasteiger partial charge in [0, 0.05) is 6.04 Å². The molecule has 2 aliphatic heterocycles. The highest BCUT2D eigenvalue weighted by Crippen LogP contribution is 2.38. The van der Waals surface area contributed by atoms with Gasteiger partial charge in [0.05, 0.1) is 24.8 Å². The maximum absolute atomic E-state index is 13.1. The van der Waals surface area contributed by atoms with Crippen LogP contribution in [0, 0.1) is 5.92 Å². The molecule has 0 aromatic heterocycles. The first-order chi connectivity index (χ1) is 12.7.